The molecule has 0 saturated heterocycles. The molecule has 0 aliphatic heterocycles. The van der Waals surface area contributed by atoms with E-state index >= 15 is 0 Å². The Morgan fingerprint density at radius 3 is 1.84 bits per heavy atom. The molecule has 0 aliphatic rings. The number of phenolic OH excluding ortho intramolecular Hbond substituents is 1. The molecule has 2 N–H and O–H groups in total. The number of para-hydroxylation sites is 1. The van der Waals surface area contributed by atoms with Crippen LogP contribution in [-0.4, -0.2) is 18.1 Å². The number of hydrogen-bond acceptors (Lipinski definition) is 3. The van der Waals surface area contributed by atoms with Crippen molar-refractivity contribution in [2.45, 2.75) is 4.90 Å². The van der Waals surface area contributed by atoms with Crippen LogP contribution in [0, 0.1) is 0 Å². The molecule has 0 aliphatic carbocycles. The topological polar surface area (TPSA) is 74.6 Å². The second kappa shape index (κ2) is 6.72. The van der Waals surface area contributed by atoms with Crippen LogP contribution in [0.15, 0.2) is 66.1 Å². The summed E-state index contributed by atoms with van der Waals surface area (Å²) in [5.74, 6) is 0.322. The van der Waals surface area contributed by atoms with Crippen molar-refractivity contribution >= 4 is 16.2 Å². The Kier molecular flexibility index (Phi) is 5.29. The molecule has 19 heavy (non-hydrogen) atoms. The summed E-state index contributed by atoms with van der Waals surface area (Å²) in [7, 11) is -4.12. The van der Waals surface area contributed by atoms with Crippen molar-refractivity contribution in [3.8, 4) is 5.75 Å². The average Bonchev–Trinajstić information content (AvgIpc) is 2.39. The molecule has 0 bridgehead atoms. The lowest BCUT2D eigenvalue weighted by Gasteiger charge is -2.00. The molecule has 2 rings (SSSR count). The summed E-state index contributed by atoms with van der Waals surface area (Å²) in [5.41, 5.74) is 0.403. The number of phenols is 1. The maximum atomic E-state index is 10.7. The fraction of sp³-hybridized carbons (Fsp3) is 0. The van der Waals surface area contributed by atoms with Crippen molar-refractivity contribution in [2.75, 3.05) is 0 Å². The first-order valence-electron chi connectivity index (χ1n) is 5.38. The molecule has 0 amide bonds. The van der Waals surface area contributed by atoms with Gasteiger partial charge in [-0.05, 0) is 23.8 Å². The van der Waals surface area contributed by atoms with Crippen molar-refractivity contribution in [3.05, 3.63) is 66.7 Å². The first-order valence-corrected chi connectivity index (χ1v) is 6.82. The van der Waals surface area contributed by atoms with Gasteiger partial charge in [-0.3, -0.25) is 4.55 Å². The van der Waals surface area contributed by atoms with Crippen LogP contribution in [0.25, 0.3) is 6.08 Å². The van der Waals surface area contributed by atoms with E-state index in [1.54, 1.807) is 36.4 Å². The second-order valence-electron chi connectivity index (χ2n) is 3.55. The quantitative estimate of drug-likeness (QED) is 0.828. The molecular weight excluding hydrogens is 264 g/mol. The van der Waals surface area contributed by atoms with E-state index in [1.807, 2.05) is 6.07 Å². The lowest BCUT2D eigenvalue weighted by Crippen LogP contribution is -1.99. The van der Waals surface area contributed by atoms with E-state index in [-0.39, 0.29) is 4.90 Å². The normalized spacial score (nSPS) is 10.2. The fourth-order valence-electron chi connectivity index (χ4n) is 1.31. The Bertz CT molecular complexity index is 634. The molecule has 2 aromatic carbocycles. The molecule has 100 valence electrons. The van der Waals surface area contributed by atoms with Crippen molar-refractivity contribution in [3.63, 3.8) is 0 Å². The Morgan fingerprint density at radius 2 is 1.47 bits per heavy atom. The van der Waals surface area contributed by atoms with Gasteiger partial charge in [0.2, 0.25) is 0 Å². The van der Waals surface area contributed by atoms with Gasteiger partial charge >= 0.3 is 0 Å². The maximum absolute atomic E-state index is 10.7. The molecule has 2 aromatic rings. The number of hydrogen-bond donors (Lipinski definition) is 2. The minimum atomic E-state index is -4.12. The highest BCUT2D eigenvalue weighted by Gasteiger charge is 2.11. The third-order valence-corrected chi connectivity index (χ3v) is 3.10. The van der Waals surface area contributed by atoms with Crippen molar-refractivity contribution in [1.82, 2.24) is 0 Å². The summed E-state index contributed by atoms with van der Waals surface area (Å²) in [6, 6.07) is 14.8. The number of benzene rings is 2. The van der Waals surface area contributed by atoms with E-state index in [0.717, 1.165) is 0 Å². The molecule has 0 unspecified atom stereocenters. The average molecular weight is 278 g/mol. The van der Waals surface area contributed by atoms with Crippen LogP contribution in [0.4, 0.5) is 0 Å². The SMILES string of the molecule is C=Cc1ccccc1S(=O)(=O)O.Oc1ccccc1. The molecule has 0 saturated carbocycles. The van der Waals surface area contributed by atoms with Gasteiger partial charge in [-0.25, -0.2) is 0 Å². The molecule has 0 aromatic heterocycles. The van der Waals surface area contributed by atoms with E-state index in [1.165, 1.54) is 18.2 Å². The van der Waals surface area contributed by atoms with Crippen LogP contribution in [0.1, 0.15) is 5.56 Å². The number of aromatic hydroxyl groups is 1. The highest BCUT2D eigenvalue weighted by Crippen LogP contribution is 2.15. The first-order chi connectivity index (χ1) is 8.95. The second-order valence-corrected chi connectivity index (χ2v) is 4.94. The van der Waals surface area contributed by atoms with Gasteiger partial charge in [-0.2, -0.15) is 8.42 Å². The monoisotopic (exact) mass is 278 g/mol. The Morgan fingerprint density at radius 1 is 0.947 bits per heavy atom. The van der Waals surface area contributed by atoms with Crippen LogP contribution in [0.5, 0.6) is 5.75 Å². The lowest BCUT2D eigenvalue weighted by atomic mass is 10.2. The van der Waals surface area contributed by atoms with E-state index < -0.39 is 10.1 Å². The lowest BCUT2D eigenvalue weighted by molar-refractivity contribution is 0.475. The van der Waals surface area contributed by atoms with Gasteiger partial charge in [0.1, 0.15) is 10.6 Å². The van der Waals surface area contributed by atoms with Crippen LogP contribution in [0.3, 0.4) is 0 Å². The zero-order chi connectivity index (χ0) is 14.3. The Hall–Kier alpha value is -2.11. The van der Waals surface area contributed by atoms with Crippen molar-refractivity contribution in [2.24, 2.45) is 0 Å². The van der Waals surface area contributed by atoms with Crippen LogP contribution in [-0.2, 0) is 10.1 Å². The summed E-state index contributed by atoms with van der Waals surface area (Å²) in [6.45, 7) is 3.43. The van der Waals surface area contributed by atoms with Crippen LogP contribution >= 0.6 is 0 Å². The van der Waals surface area contributed by atoms with Crippen molar-refractivity contribution < 1.29 is 18.1 Å². The van der Waals surface area contributed by atoms with Gasteiger partial charge in [0.25, 0.3) is 10.1 Å². The summed E-state index contributed by atoms with van der Waals surface area (Å²) >= 11 is 0. The highest BCUT2D eigenvalue weighted by atomic mass is 32.2. The predicted octanol–water partition coefficient (Wildman–Crippen LogP) is 2.97. The van der Waals surface area contributed by atoms with Crippen LogP contribution in [0.2, 0.25) is 0 Å². The first kappa shape index (κ1) is 14.9. The zero-order valence-corrected chi connectivity index (χ0v) is 10.9. The molecule has 0 fully saturated rings. The third-order valence-electron chi connectivity index (χ3n) is 2.17. The summed E-state index contributed by atoms with van der Waals surface area (Å²) in [4.78, 5) is -0.111. The molecule has 5 heteroatoms. The molecule has 0 radical (unpaired) electrons. The van der Waals surface area contributed by atoms with E-state index in [4.69, 9.17) is 9.66 Å². The molecule has 4 nitrogen and oxygen atoms in total. The van der Waals surface area contributed by atoms with E-state index in [0.29, 0.717) is 11.3 Å². The largest absolute Gasteiger partial charge is 0.508 e. The third kappa shape index (κ3) is 4.95. The van der Waals surface area contributed by atoms with E-state index in [9.17, 15) is 8.42 Å². The Labute approximate surface area is 112 Å². The van der Waals surface area contributed by atoms with Gasteiger partial charge in [-0.15, -0.1) is 0 Å². The standard InChI is InChI=1S/C8H8O3S.C6H6O/c1-2-7-5-3-4-6-8(7)12(9,10)11;7-6-4-2-1-3-5-6/h2-6H,1H2,(H,9,10,11);1-5,7H. The minimum Gasteiger partial charge on any atom is -0.508 e. The van der Waals surface area contributed by atoms with Crippen molar-refractivity contribution in [1.29, 1.82) is 0 Å². The van der Waals surface area contributed by atoms with Gasteiger partial charge in [0.05, 0.1) is 0 Å². The maximum Gasteiger partial charge on any atom is 0.295 e. The van der Waals surface area contributed by atoms with Gasteiger partial charge in [-0.1, -0.05) is 49.1 Å². The van der Waals surface area contributed by atoms with Crippen LogP contribution < -0.4 is 0 Å². The van der Waals surface area contributed by atoms with Gasteiger partial charge in [0.15, 0.2) is 0 Å². The summed E-state index contributed by atoms with van der Waals surface area (Å²) < 4.78 is 30.2. The van der Waals surface area contributed by atoms with E-state index in [2.05, 4.69) is 6.58 Å². The Balaban J connectivity index is 0.000000218. The molecule has 0 spiro atoms. The summed E-state index contributed by atoms with van der Waals surface area (Å²) in [5, 5.41) is 8.63. The van der Waals surface area contributed by atoms with Gasteiger partial charge in [0, 0.05) is 0 Å². The minimum absolute atomic E-state index is 0.111. The fourth-order valence-corrected chi connectivity index (χ4v) is 2.01. The zero-order valence-electron chi connectivity index (χ0n) is 10.1. The summed E-state index contributed by atoms with van der Waals surface area (Å²) in [6.07, 6.45) is 1.38. The smallest absolute Gasteiger partial charge is 0.295 e. The van der Waals surface area contributed by atoms with Gasteiger partial charge < -0.3 is 5.11 Å². The molecule has 0 heterocycles. The molecular formula is C14H14O4S. The number of rotatable bonds is 2. The predicted molar refractivity (Wildman–Crippen MR) is 74.5 cm³/mol. The highest BCUT2D eigenvalue weighted by molar-refractivity contribution is 7.85. The molecule has 0 atom stereocenters.